The number of benzene rings is 2. The third-order valence-electron chi connectivity index (χ3n) is 3.58. The highest BCUT2D eigenvalue weighted by molar-refractivity contribution is 9.10. The van der Waals surface area contributed by atoms with Crippen LogP contribution in [0.3, 0.4) is 0 Å². The molecule has 0 aliphatic carbocycles. The Morgan fingerprint density at radius 2 is 1.54 bits per heavy atom. The lowest BCUT2D eigenvalue weighted by Crippen LogP contribution is -2.13. The molecule has 0 radical (unpaired) electrons. The Hall–Kier alpha value is -2.34. The number of halogens is 1. The normalized spacial score (nSPS) is 10.8. The zero-order valence-corrected chi connectivity index (χ0v) is 18.1. The van der Waals surface area contributed by atoms with Crippen molar-refractivity contribution in [2.75, 3.05) is 13.2 Å². The van der Waals surface area contributed by atoms with Crippen LogP contribution in [0.5, 0.6) is 11.5 Å². The average molecular weight is 449 g/mol. The molecule has 0 bridgehead atoms. The molecule has 2 aromatic carbocycles. The molecule has 150 valence electrons. The van der Waals surface area contributed by atoms with Crippen LogP contribution in [-0.4, -0.2) is 25.2 Å². The predicted molar refractivity (Wildman–Crippen MR) is 111 cm³/mol. The zero-order valence-electron chi connectivity index (χ0n) is 16.5. The molecule has 2 aromatic rings. The van der Waals surface area contributed by atoms with Gasteiger partial charge < -0.3 is 14.2 Å². The topological polar surface area (TPSA) is 61.8 Å². The maximum absolute atomic E-state index is 12.6. The van der Waals surface area contributed by atoms with E-state index >= 15 is 0 Å². The molecule has 0 aliphatic heterocycles. The van der Waals surface area contributed by atoms with Crippen molar-refractivity contribution in [3.63, 3.8) is 0 Å². The molecule has 0 N–H and O–H groups in total. The third-order valence-corrected chi connectivity index (χ3v) is 4.08. The smallest absolute Gasteiger partial charge is 0.347 e. The van der Waals surface area contributed by atoms with E-state index in [0.29, 0.717) is 41.8 Å². The Kier molecular flexibility index (Phi) is 8.05. The lowest BCUT2D eigenvalue weighted by atomic mass is 10.2. The van der Waals surface area contributed by atoms with Crippen molar-refractivity contribution in [3.8, 4) is 11.5 Å². The van der Waals surface area contributed by atoms with Gasteiger partial charge >= 0.3 is 11.9 Å². The quantitative estimate of drug-likeness (QED) is 0.393. The van der Waals surface area contributed by atoms with Crippen LogP contribution in [0.1, 0.15) is 48.4 Å². The van der Waals surface area contributed by atoms with Gasteiger partial charge in [-0.1, -0.05) is 43.6 Å². The van der Waals surface area contributed by atoms with E-state index in [1.54, 1.807) is 36.4 Å². The second-order valence-electron chi connectivity index (χ2n) is 7.25. The van der Waals surface area contributed by atoms with Crippen molar-refractivity contribution in [3.05, 3.63) is 58.1 Å². The maximum Gasteiger partial charge on any atom is 0.347 e. The Morgan fingerprint density at radius 1 is 0.893 bits per heavy atom. The van der Waals surface area contributed by atoms with Gasteiger partial charge in [0.05, 0.1) is 18.8 Å². The highest BCUT2D eigenvalue weighted by Gasteiger charge is 2.17. The summed E-state index contributed by atoms with van der Waals surface area (Å²) in [5, 5.41) is 0. The number of hydrogen-bond acceptors (Lipinski definition) is 5. The van der Waals surface area contributed by atoms with Gasteiger partial charge in [0.1, 0.15) is 17.1 Å². The van der Waals surface area contributed by atoms with E-state index < -0.39 is 11.9 Å². The average Bonchev–Trinajstić information content (AvgIpc) is 2.65. The van der Waals surface area contributed by atoms with Crippen molar-refractivity contribution >= 4 is 27.9 Å². The highest BCUT2D eigenvalue weighted by Crippen LogP contribution is 2.26. The Bertz CT molecular complexity index is 812. The van der Waals surface area contributed by atoms with Crippen LogP contribution in [-0.2, 0) is 4.74 Å². The molecule has 0 saturated carbocycles. The summed E-state index contributed by atoms with van der Waals surface area (Å²) in [4.78, 5) is 24.6. The number of ether oxygens (including phenoxy) is 3. The number of rotatable bonds is 8. The van der Waals surface area contributed by atoms with Gasteiger partial charge in [0.25, 0.3) is 0 Å². The molecule has 0 aromatic heterocycles. The molecular formula is C22H25BrO5. The molecule has 0 heterocycles. The van der Waals surface area contributed by atoms with Gasteiger partial charge in [-0.05, 0) is 54.3 Å². The molecule has 0 spiro atoms. The van der Waals surface area contributed by atoms with Gasteiger partial charge in [-0.2, -0.15) is 0 Å². The summed E-state index contributed by atoms with van der Waals surface area (Å²) in [5.74, 6) is 0.464. The van der Waals surface area contributed by atoms with E-state index in [1.807, 2.05) is 33.8 Å². The van der Waals surface area contributed by atoms with Gasteiger partial charge in [0.2, 0.25) is 0 Å². The molecule has 5 nitrogen and oxygen atoms in total. The van der Waals surface area contributed by atoms with Crippen molar-refractivity contribution in [1.82, 2.24) is 0 Å². The minimum absolute atomic E-state index is 0.265. The van der Waals surface area contributed by atoms with Crippen LogP contribution in [0.15, 0.2) is 46.9 Å². The van der Waals surface area contributed by atoms with Gasteiger partial charge in [0.15, 0.2) is 0 Å². The maximum atomic E-state index is 12.6. The van der Waals surface area contributed by atoms with Crippen LogP contribution < -0.4 is 9.47 Å². The molecule has 0 fully saturated rings. The van der Waals surface area contributed by atoms with Crippen molar-refractivity contribution in [2.45, 2.75) is 27.7 Å². The van der Waals surface area contributed by atoms with Gasteiger partial charge in [-0.15, -0.1) is 0 Å². The van der Waals surface area contributed by atoms with E-state index in [-0.39, 0.29) is 5.92 Å². The molecule has 0 aliphatic rings. The Labute approximate surface area is 174 Å². The van der Waals surface area contributed by atoms with E-state index in [2.05, 4.69) is 15.9 Å². The largest absolute Gasteiger partial charge is 0.492 e. The SMILES string of the molecule is CC(C)COC(=O)c1ccc(OC(=O)c2cc(Br)ccc2OCC(C)C)cc1. The van der Waals surface area contributed by atoms with Gasteiger partial charge in [-0.3, -0.25) is 0 Å². The third kappa shape index (κ3) is 6.68. The molecule has 2 rings (SSSR count). The molecular weight excluding hydrogens is 424 g/mol. The molecule has 0 unspecified atom stereocenters. The fourth-order valence-corrected chi connectivity index (χ4v) is 2.55. The van der Waals surface area contributed by atoms with E-state index in [1.165, 1.54) is 0 Å². The number of esters is 2. The summed E-state index contributed by atoms with van der Waals surface area (Å²) in [6, 6.07) is 11.5. The fourth-order valence-electron chi connectivity index (χ4n) is 2.19. The lowest BCUT2D eigenvalue weighted by molar-refractivity contribution is 0.0459. The van der Waals surface area contributed by atoms with E-state index in [4.69, 9.17) is 14.2 Å². The molecule has 6 heteroatoms. The minimum Gasteiger partial charge on any atom is -0.492 e. The zero-order chi connectivity index (χ0) is 20.7. The first-order chi connectivity index (χ1) is 13.3. The lowest BCUT2D eigenvalue weighted by Gasteiger charge is -2.13. The van der Waals surface area contributed by atoms with Crippen LogP contribution in [0, 0.1) is 11.8 Å². The predicted octanol–water partition coefficient (Wildman–Crippen LogP) is 5.52. The summed E-state index contributed by atoms with van der Waals surface area (Å²) < 4.78 is 17.1. The summed E-state index contributed by atoms with van der Waals surface area (Å²) in [5.41, 5.74) is 0.735. The first-order valence-electron chi connectivity index (χ1n) is 9.18. The van der Waals surface area contributed by atoms with Crippen LogP contribution in [0.2, 0.25) is 0 Å². The summed E-state index contributed by atoms with van der Waals surface area (Å²) >= 11 is 3.37. The number of carbonyl (C=O) groups excluding carboxylic acids is 2. The first kappa shape index (κ1) is 22.0. The summed E-state index contributed by atoms with van der Waals surface area (Å²) in [6.45, 7) is 8.86. The number of carbonyl (C=O) groups is 2. The fraction of sp³-hybridized carbons (Fsp3) is 0.364. The van der Waals surface area contributed by atoms with Crippen molar-refractivity contribution < 1.29 is 23.8 Å². The van der Waals surface area contributed by atoms with Crippen LogP contribution in [0.4, 0.5) is 0 Å². The standard InChI is InChI=1S/C22H25BrO5/c1-14(2)12-26-20-10-7-17(23)11-19(20)22(25)28-18-8-5-16(6-9-18)21(24)27-13-15(3)4/h5-11,14-15H,12-13H2,1-4H3. The van der Waals surface area contributed by atoms with Crippen LogP contribution in [0.25, 0.3) is 0 Å². The monoisotopic (exact) mass is 448 g/mol. The van der Waals surface area contributed by atoms with Crippen LogP contribution >= 0.6 is 15.9 Å². The molecule has 0 amide bonds. The second-order valence-corrected chi connectivity index (χ2v) is 8.17. The van der Waals surface area contributed by atoms with E-state index in [0.717, 1.165) is 4.47 Å². The Morgan fingerprint density at radius 3 is 2.14 bits per heavy atom. The second kappa shape index (κ2) is 10.3. The minimum atomic E-state index is -0.532. The van der Waals surface area contributed by atoms with Gasteiger partial charge in [0, 0.05) is 4.47 Å². The van der Waals surface area contributed by atoms with E-state index in [9.17, 15) is 9.59 Å². The molecule has 0 atom stereocenters. The summed E-state index contributed by atoms with van der Waals surface area (Å²) in [7, 11) is 0. The van der Waals surface area contributed by atoms with Gasteiger partial charge in [-0.25, -0.2) is 9.59 Å². The molecule has 28 heavy (non-hydrogen) atoms. The van der Waals surface area contributed by atoms with Crippen molar-refractivity contribution in [2.24, 2.45) is 11.8 Å². The first-order valence-corrected chi connectivity index (χ1v) is 9.97. The summed E-state index contributed by atoms with van der Waals surface area (Å²) in [6.07, 6.45) is 0. The molecule has 0 saturated heterocycles. The Balaban J connectivity index is 2.08. The highest BCUT2D eigenvalue weighted by atomic mass is 79.9. The van der Waals surface area contributed by atoms with Crippen molar-refractivity contribution in [1.29, 1.82) is 0 Å². The number of hydrogen-bond donors (Lipinski definition) is 0.